The number of hydrogen-bond donors (Lipinski definition) is 4. The number of anilines is 2. The number of phenols is 1. The van der Waals surface area contributed by atoms with Gasteiger partial charge in [-0.15, -0.1) is 0 Å². The second-order valence-corrected chi connectivity index (χ2v) is 14.7. The second kappa shape index (κ2) is 13.2. The normalized spacial score (nSPS) is 26.5. The Labute approximate surface area is 302 Å². The summed E-state index contributed by atoms with van der Waals surface area (Å²) in [6.07, 6.45) is -1.32. The largest absolute Gasteiger partial charge is 0.508 e. The molecule has 5 aliphatic rings. The van der Waals surface area contributed by atoms with E-state index in [0.717, 1.165) is 61.2 Å². The Bertz CT molecular complexity index is 1980. The van der Waals surface area contributed by atoms with Crippen LogP contribution in [0.15, 0.2) is 91.0 Å². The number of rotatable bonds is 6. The summed E-state index contributed by atoms with van der Waals surface area (Å²) in [5.74, 6) is 0.441. The van der Waals surface area contributed by atoms with Gasteiger partial charge in [0.05, 0.1) is 23.8 Å². The van der Waals surface area contributed by atoms with Crippen LogP contribution in [-0.4, -0.2) is 107 Å². The van der Waals surface area contributed by atoms with Crippen molar-refractivity contribution in [2.24, 2.45) is 0 Å². The average Bonchev–Trinajstić information content (AvgIpc) is 3.39. The first-order valence-electron chi connectivity index (χ1n) is 18.3. The quantitative estimate of drug-likeness (QED) is 0.221. The zero-order valence-corrected chi connectivity index (χ0v) is 28.8. The fourth-order valence-electron chi connectivity index (χ4n) is 8.83. The van der Waals surface area contributed by atoms with Crippen LogP contribution in [0.2, 0.25) is 0 Å². The lowest BCUT2D eigenvalue weighted by molar-refractivity contribution is -0.0413. The van der Waals surface area contributed by atoms with Gasteiger partial charge in [0.2, 0.25) is 0 Å². The Morgan fingerprint density at radius 3 is 2.19 bits per heavy atom. The van der Waals surface area contributed by atoms with Crippen LogP contribution in [0.25, 0.3) is 0 Å². The standard InChI is InChI=1S/C41H43N5O6/c47-30-11-13-32-36(21-30)52-24-34(25-4-2-1-3-5-25)38(32)26-6-8-27(9-7-26)43-16-18-44(19-17-43)29-22-45(23-29)28-10-12-31-33(20-28)41(51)46(40(31)50)35-14-15-37(48)42-39(35)49/h1-13,20-21,29,34-35,37-39,42,47-49H,14-19,22-24H2. The van der Waals surface area contributed by atoms with E-state index in [1.807, 2.05) is 24.3 Å². The number of ether oxygens (including phenoxy) is 1. The minimum Gasteiger partial charge on any atom is -0.508 e. The van der Waals surface area contributed by atoms with Crippen LogP contribution in [-0.2, 0) is 0 Å². The van der Waals surface area contributed by atoms with E-state index in [1.165, 1.54) is 16.8 Å². The molecule has 5 atom stereocenters. The van der Waals surface area contributed by atoms with Crippen molar-refractivity contribution in [1.29, 1.82) is 0 Å². The molecule has 3 saturated heterocycles. The highest BCUT2D eigenvalue weighted by molar-refractivity contribution is 6.22. The van der Waals surface area contributed by atoms with Crippen molar-refractivity contribution in [2.45, 2.75) is 49.2 Å². The number of piperidine rings is 1. The number of phenolic OH excluding ortho intramolecular Hbond substituents is 1. The highest BCUT2D eigenvalue weighted by Gasteiger charge is 2.45. The maximum atomic E-state index is 13.4. The van der Waals surface area contributed by atoms with E-state index in [2.05, 4.69) is 68.5 Å². The minimum absolute atomic E-state index is 0.111. The Morgan fingerprint density at radius 1 is 0.712 bits per heavy atom. The first-order valence-corrected chi connectivity index (χ1v) is 18.3. The molecular weight excluding hydrogens is 658 g/mol. The monoisotopic (exact) mass is 701 g/mol. The average molecular weight is 702 g/mol. The van der Waals surface area contributed by atoms with E-state index in [9.17, 15) is 24.9 Å². The lowest BCUT2D eigenvalue weighted by atomic mass is 9.76. The Kier molecular flexibility index (Phi) is 8.38. The Balaban J connectivity index is 0.824. The van der Waals surface area contributed by atoms with Gasteiger partial charge in [-0.1, -0.05) is 48.5 Å². The number of aliphatic hydroxyl groups excluding tert-OH is 2. The molecule has 4 aromatic carbocycles. The number of benzene rings is 4. The lowest BCUT2D eigenvalue weighted by Gasteiger charge is -2.49. The highest BCUT2D eigenvalue weighted by atomic mass is 16.5. The Morgan fingerprint density at radius 2 is 1.44 bits per heavy atom. The van der Waals surface area contributed by atoms with Crippen molar-refractivity contribution in [2.75, 3.05) is 55.7 Å². The summed E-state index contributed by atoms with van der Waals surface area (Å²) in [4.78, 5) is 34.9. The highest BCUT2D eigenvalue weighted by Crippen LogP contribution is 2.47. The van der Waals surface area contributed by atoms with E-state index < -0.39 is 24.4 Å². The van der Waals surface area contributed by atoms with Gasteiger partial charge in [-0.05, 0) is 60.4 Å². The van der Waals surface area contributed by atoms with E-state index >= 15 is 0 Å². The van der Waals surface area contributed by atoms with Gasteiger partial charge >= 0.3 is 0 Å². The van der Waals surface area contributed by atoms with Gasteiger partial charge in [0.1, 0.15) is 24.0 Å². The number of nitrogens with zero attached hydrogens (tertiary/aromatic N) is 4. The molecule has 5 heterocycles. The fourth-order valence-corrected chi connectivity index (χ4v) is 8.83. The van der Waals surface area contributed by atoms with Crippen molar-refractivity contribution in [3.8, 4) is 11.5 Å². The van der Waals surface area contributed by atoms with Gasteiger partial charge in [0.15, 0.2) is 0 Å². The molecule has 0 saturated carbocycles. The molecule has 4 N–H and O–H groups in total. The molecule has 11 nitrogen and oxygen atoms in total. The summed E-state index contributed by atoms with van der Waals surface area (Å²) >= 11 is 0. The van der Waals surface area contributed by atoms with Gasteiger partial charge in [-0.2, -0.15) is 0 Å². The number of nitrogens with one attached hydrogen (secondary N) is 1. The molecule has 0 spiro atoms. The maximum absolute atomic E-state index is 13.4. The molecule has 0 radical (unpaired) electrons. The van der Waals surface area contributed by atoms with Crippen molar-refractivity contribution in [3.63, 3.8) is 0 Å². The third-order valence-corrected chi connectivity index (χ3v) is 11.8. The first kappa shape index (κ1) is 32.9. The minimum atomic E-state index is -1.17. The van der Waals surface area contributed by atoms with Gasteiger partial charge in [-0.25, -0.2) is 0 Å². The van der Waals surface area contributed by atoms with Crippen molar-refractivity contribution < 1.29 is 29.6 Å². The van der Waals surface area contributed by atoms with Crippen LogP contribution < -0.4 is 19.9 Å². The number of aromatic hydroxyl groups is 1. The molecule has 268 valence electrons. The number of carbonyl (C=O) groups is 2. The van der Waals surface area contributed by atoms with Crippen LogP contribution in [0.4, 0.5) is 11.4 Å². The topological polar surface area (TPSA) is 129 Å². The molecule has 2 amide bonds. The third-order valence-electron chi connectivity index (χ3n) is 11.8. The van der Waals surface area contributed by atoms with Gasteiger partial charge in [0.25, 0.3) is 11.8 Å². The molecule has 3 fully saturated rings. The smallest absolute Gasteiger partial charge is 0.262 e. The number of aliphatic hydroxyl groups is 2. The van der Waals surface area contributed by atoms with Crippen LogP contribution in [0.1, 0.15) is 62.1 Å². The van der Waals surface area contributed by atoms with E-state index in [0.29, 0.717) is 36.6 Å². The van der Waals surface area contributed by atoms with Gasteiger partial charge in [-0.3, -0.25) is 24.7 Å². The summed E-state index contributed by atoms with van der Waals surface area (Å²) in [6.45, 7) is 6.06. The summed E-state index contributed by atoms with van der Waals surface area (Å²) in [6, 6.07) is 30.1. The van der Waals surface area contributed by atoms with Crippen molar-refractivity contribution in [3.05, 3.63) is 119 Å². The van der Waals surface area contributed by atoms with E-state index in [4.69, 9.17) is 4.74 Å². The van der Waals surface area contributed by atoms with Crippen LogP contribution in [0.3, 0.4) is 0 Å². The van der Waals surface area contributed by atoms with E-state index in [1.54, 1.807) is 18.2 Å². The zero-order chi connectivity index (χ0) is 35.5. The molecule has 0 bridgehead atoms. The molecular formula is C41H43N5O6. The predicted molar refractivity (Wildman–Crippen MR) is 196 cm³/mol. The summed E-state index contributed by atoms with van der Waals surface area (Å²) in [5, 5.41) is 33.0. The molecule has 5 aliphatic heterocycles. The SMILES string of the molecule is O=C1c2ccc(N3CC(N4CCN(c5ccc(C6c7ccc(O)cc7OCC6c6ccccc6)cc5)CC4)C3)cc2C(=O)N1C1CCC(O)NC1O. The fraction of sp³-hybridized carbons (Fsp3) is 0.366. The molecule has 4 aromatic rings. The summed E-state index contributed by atoms with van der Waals surface area (Å²) < 4.78 is 6.15. The Hall–Kier alpha value is -4.94. The number of piperazine rings is 1. The molecule has 0 aliphatic carbocycles. The summed E-state index contributed by atoms with van der Waals surface area (Å²) in [7, 11) is 0. The van der Waals surface area contributed by atoms with Crippen molar-refractivity contribution in [1.82, 2.24) is 15.1 Å². The number of amides is 2. The number of fused-ring (bicyclic) bond motifs is 2. The second-order valence-electron chi connectivity index (χ2n) is 14.7. The van der Waals surface area contributed by atoms with Gasteiger partial charge < -0.3 is 29.9 Å². The van der Waals surface area contributed by atoms with Crippen molar-refractivity contribution >= 4 is 23.2 Å². The lowest BCUT2D eigenvalue weighted by Crippen LogP contribution is -2.63. The molecule has 11 heteroatoms. The number of imide groups is 1. The zero-order valence-electron chi connectivity index (χ0n) is 28.8. The number of carbonyl (C=O) groups excluding carboxylic acids is 2. The summed E-state index contributed by atoms with van der Waals surface area (Å²) in [5.41, 5.74) is 6.44. The molecule has 5 unspecified atom stereocenters. The number of hydrogen-bond acceptors (Lipinski definition) is 10. The van der Waals surface area contributed by atoms with Crippen LogP contribution >= 0.6 is 0 Å². The van der Waals surface area contributed by atoms with Crippen LogP contribution in [0, 0.1) is 0 Å². The first-order chi connectivity index (χ1) is 25.3. The van der Waals surface area contributed by atoms with Crippen LogP contribution in [0.5, 0.6) is 11.5 Å². The molecule has 52 heavy (non-hydrogen) atoms. The predicted octanol–water partition coefficient (Wildman–Crippen LogP) is 3.70. The third kappa shape index (κ3) is 5.78. The van der Waals surface area contributed by atoms with E-state index in [-0.39, 0.29) is 23.5 Å². The van der Waals surface area contributed by atoms with Gasteiger partial charge in [0, 0.05) is 80.2 Å². The molecule has 0 aromatic heterocycles. The molecule has 9 rings (SSSR count). The maximum Gasteiger partial charge on any atom is 0.262 e.